The van der Waals surface area contributed by atoms with E-state index in [0.29, 0.717) is 6.54 Å². The van der Waals surface area contributed by atoms with Crippen LogP contribution in [-0.4, -0.2) is 23.3 Å². The van der Waals surface area contributed by atoms with Crippen molar-refractivity contribution in [3.05, 3.63) is 65.5 Å². The second-order valence-electron chi connectivity index (χ2n) is 4.91. The summed E-state index contributed by atoms with van der Waals surface area (Å²) in [7, 11) is 0. The van der Waals surface area contributed by atoms with Crippen LogP contribution in [0.2, 0.25) is 0 Å². The molecule has 1 heterocycles. The molecule has 0 amide bonds. The number of carbonyl (C=O) groups excluding carboxylic acids is 2. The van der Waals surface area contributed by atoms with Gasteiger partial charge in [0.1, 0.15) is 0 Å². The fourth-order valence-electron chi connectivity index (χ4n) is 2.13. The Morgan fingerprint density at radius 1 is 1.13 bits per heavy atom. The minimum Gasteiger partial charge on any atom is -0.434 e. The monoisotopic (exact) mass is 313 g/mol. The molecule has 120 valence electrons. The molecule has 0 bridgehead atoms. The molecule has 0 fully saturated rings. The molecule has 0 saturated heterocycles. The van der Waals surface area contributed by atoms with E-state index in [9.17, 15) is 9.59 Å². The van der Waals surface area contributed by atoms with E-state index in [-0.39, 0.29) is 6.61 Å². The van der Waals surface area contributed by atoms with Crippen molar-refractivity contribution >= 4 is 18.2 Å². The van der Waals surface area contributed by atoms with Crippen LogP contribution in [0.15, 0.2) is 48.5 Å². The van der Waals surface area contributed by atoms with E-state index in [4.69, 9.17) is 0 Å². The van der Waals surface area contributed by atoms with Crippen molar-refractivity contribution in [2.24, 2.45) is 0 Å². The Hall–Kier alpha value is -2.82. The lowest BCUT2D eigenvalue weighted by Gasteiger charge is -2.09. The van der Waals surface area contributed by atoms with E-state index in [1.54, 1.807) is 13.0 Å². The first-order valence-corrected chi connectivity index (χ1v) is 7.37. The third kappa shape index (κ3) is 4.85. The normalized spacial score (nSPS) is 10.7. The van der Waals surface area contributed by atoms with Crippen LogP contribution in [0, 0.1) is 6.92 Å². The van der Waals surface area contributed by atoms with E-state index in [1.807, 2.05) is 49.4 Å². The molecule has 0 spiro atoms. The molecule has 1 aromatic carbocycles. The summed E-state index contributed by atoms with van der Waals surface area (Å²) < 4.78 is 11.1. The Bertz CT molecular complexity index is 701. The maximum atomic E-state index is 11.6. The molecule has 0 aliphatic carbocycles. The van der Waals surface area contributed by atoms with Gasteiger partial charge in [-0.05, 0) is 37.6 Å². The fraction of sp³-hybridized carbons (Fsp3) is 0.222. The number of aromatic nitrogens is 1. The molecule has 0 N–H and O–H groups in total. The quantitative estimate of drug-likeness (QED) is 0.481. The molecule has 0 aliphatic rings. The summed E-state index contributed by atoms with van der Waals surface area (Å²) in [5.74, 6) is -0.756. The lowest BCUT2D eigenvalue weighted by atomic mass is 10.2. The van der Waals surface area contributed by atoms with Gasteiger partial charge in [0.2, 0.25) is 0 Å². The smallest absolute Gasteiger partial charge is 0.434 e. The Morgan fingerprint density at radius 2 is 1.87 bits per heavy atom. The van der Waals surface area contributed by atoms with Crippen molar-refractivity contribution in [2.45, 2.75) is 20.4 Å². The van der Waals surface area contributed by atoms with Crippen LogP contribution in [0.5, 0.6) is 0 Å². The zero-order valence-electron chi connectivity index (χ0n) is 13.2. The van der Waals surface area contributed by atoms with Gasteiger partial charge in [-0.25, -0.2) is 9.59 Å². The standard InChI is InChI=1S/C18H19NO4/c1-3-22-18(21)23-17(20)12-11-16-10-9-14(2)19(16)13-15-7-5-4-6-8-15/h4-12H,3,13H2,1-2H3. The molecule has 0 atom stereocenters. The highest BCUT2D eigenvalue weighted by Crippen LogP contribution is 2.13. The van der Waals surface area contributed by atoms with Crippen LogP contribution in [0.4, 0.5) is 4.79 Å². The molecule has 0 saturated carbocycles. The third-order valence-corrected chi connectivity index (χ3v) is 3.25. The first-order chi connectivity index (χ1) is 11.1. The fourth-order valence-corrected chi connectivity index (χ4v) is 2.13. The molecule has 5 nitrogen and oxygen atoms in total. The highest BCUT2D eigenvalue weighted by molar-refractivity contribution is 5.92. The van der Waals surface area contributed by atoms with E-state index < -0.39 is 12.1 Å². The van der Waals surface area contributed by atoms with Crippen LogP contribution in [0.25, 0.3) is 6.08 Å². The largest absolute Gasteiger partial charge is 0.516 e. The summed E-state index contributed by atoms with van der Waals surface area (Å²) in [4.78, 5) is 22.6. The minimum absolute atomic E-state index is 0.162. The molecule has 0 radical (unpaired) electrons. The number of esters is 1. The van der Waals surface area contributed by atoms with Crippen molar-refractivity contribution in [1.29, 1.82) is 0 Å². The van der Waals surface area contributed by atoms with Gasteiger partial charge in [-0.3, -0.25) is 0 Å². The second kappa shape index (κ2) is 7.98. The second-order valence-corrected chi connectivity index (χ2v) is 4.91. The lowest BCUT2D eigenvalue weighted by Crippen LogP contribution is -2.11. The van der Waals surface area contributed by atoms with Gasteiger partial charge in [0.05, 0.1) is 6.61 Å². The highest BCUT2D eigenvalue weighted by atomic mass is 16.7. The van der Waals surface area contributed by atoms with E-state index in [2.05, 4.69) is 14.0 Å². The van der Waals surface area contributed by atoms with Gasteiger partial charge in [-0.1, -0.05) is 30.3 Å². The number of carbonyl (C=O) groups is 2. The first kappa shape index (κ1) is 16.5. The van der Waals surface area contributed by atoms with Crippen LogP contribution >= 0.6 is 0 Å². The van der Waals surface area contributed by atoms with Crippen molar-refractivity contribution in [2.75, 3.05) is 6.61 Å². The zero-order chi connectivity index (χ0) is 16.7. The van der Waals surface area contributed by atoms with Gasteiger partial charge in [0.25, 0.3) is 0 Å². The summed E-state index contributed by atoms with van der Waals surface area (Å²) in [6, 6.07) is 13.9. The van der Waals surface area contributed by atoms with Crippen molar-refractivity contribution in [1.82, 2.24) is 4.57 Å². The number of ether oxygens (including phenoxy) is 2. The number of nitrogens with zero attached hydrogens (tertiary/aromatic N) is 1. The molecular formula is C18H19NO4. The highest BCUT2D eigenvalue weighted by Gasteiger charge is 2.09. The van der Waals surface area contributed by atoms with Gasteiger partial charge in [-0.2, -0.15) is 0 Å². The van der Waals surface area contributed by atoms with Crippen LogP contribution in [0.3, 0.4) is 0 Å². The summed E-state index contributed by atoms with van der Waals surface area (Å²) in [6.45, 7) is 4.50. The van der Waals surface area contributed by atoms with Crippen molar-refractivity contribution in [3.8, 4) is 0 Å². The van der Waals surface area contributed by atoms with Gasteiger partial charge in [0.15, 0.2) is 0 Å². The van der Waals surface area contributed by atoms with Gasteiger partial charge in [0, 0.05) is 24.0 Å². The van der Waals surface area contributed by atoms with E-state index in [1.165, 1.54) is 6.08 Å². The van der Waals surface area contributed by atoms with Crippen molar-refractivity contribution < 1.29 is 19.1 Å². The Morgan fingerprint density at radius 3 is 2.57 bits per heavy atom. The summed E-state index contributed by atoms with van der Waals surface area (Å²) >= 11 is 0. The number of benzene rings is 1. The molecule has 0 aliphatic heterocycles. The van der Waals surface area contributed by atoms with Gasteiger partial charge in [-0.15, -0.1) is 0 Å². The molecule has 5 heteroatoms. The Labute approximate surface area is 135 Å². The maximum absolute atomic E-state index is 11.6. The topological polar surface area (TPSA) is 57.5 Å². The SMILES string of the molecule is CCOC(=O)OC(=O)C=Cc1ccc(C)n1Cc1ccccc1. The predicted octanol–water partition coefficient (Wildman–Crippen LogP) is 3.56. The first-order valence-electron chi connectivity index (χ1n) is 7.37. The molecule has 2 rings (SSSR count). The third-order valence-electron chi connectivity index (χ3n) is 3.25. The molecule has 1 aromatic heterocycles. The summed E-state index contributed by atoms with van der Waals surface area (Å²) in [5.41, 5.74) is 3.09. The average molecular weight is 313 g/mol. The summed E-state index contributed by atoms with van der Waals surface area (Å²) in [6.07, 6.45) is 1.85. The van der Waals surface area contributed by atoms with Crippen LogP contribution in [0.1, 0.15) is 23.9 Å². The predicted molar refractivity (Wildman–Crippen MR) is 86.9 cm³/mol. The van der Waals surface area contributed by atoms with Gasteiger partial charge >= 0.3 is 12.1 Å². The Kier molecular flexibility index (Phi) is 5.74. The average Bonchev–Trinajstić information content (AvgIpc) is 2.87. The summed E-state index contributed by atoms with van der Waals surface area (Å²) in [5, 5.41) is 0. The molecule has 0 unspecified atom stereocenters. The molecular weight excluding hydrogens is 294 g/mol. The van der Waals surface area contributed by atoms with Crippen LogP contribution < -0.4 is 0 Å². The Balaban J connectivity index is 2.07. The maximum Gasteiger partial charge on any atom is 0.516 e. The number of rotatable bonds is 5. The number of hydrogen-bond donors (Lipinski definition) is 0. The lowest BCUT2D eigenvalue weighted by molar-refractivity contribution is -0.134. The minimum atomic E-state index is -0.988. The van der Waals surface area contributed by atoms with Gasteiger partial charge < -0.3 is 14.0 Å². The van der Waals surface area contributed by atoms with Crippen LogP contribution in [-0.2, 0) is 20.8 Å². The van der Waals surface area contributed by atoms with Crippen molar-refractivity contribution in [3.63, 3.8) is 0 Å². The van der Waals surface area contributed by atoms with E-state index >= 15 is 0 Å². The number of aryl methyl sites for hydroxylation is 1. The molecule has 23 heavy (non-hydrogen) atoms. The zero-order valence-corrected chi connectivity index (χ0v) is 13.2. The molecule has 2 aromatic rings. The number of hydrogen-bond acceptors (Lipinski definition) is 4. The van der Waals surface area contributed by atoms with E-state index in [0.717, 1.165) is 17.0 Å².